The molecule has 11 nitrogen and oxygen atoms in total. The van der Waals surface area contributed by atoms with Crippen LogP contribution in [0.5, 0.6) is 5.75 Å². The second-order valence-electron chi connectivity index (χ2n) is 12.0. The van der Waals surface area contributed by atoms with Crippen LogP contribution < -0.4 is 26.0 Å². The Bertz CT molecular complexity index is 1840. The molecule has 3 heterocycles. The highest BCUT2D eigenvalue weighted by Crippen LogP contribution is 2.23. The molecule has 2 bridgehead atoms. The number of carbonyl (C=O) groups excluding carboxylic acids is 4. The molecule has 2 aliphatic heterocycles. The first-order chi connectivity index (χ1) is 24.5. The fourth-order valence-corrected chi connectivity index (χ4v) is 6.78. The van der Waals surface area contributed by atoms with E-state index >= 15 is 0 Å². The van der Waals surface area contributed by atoms with Gasteiger partial charge in [0.25, 0.3) is 5.91 Å². The number of hydrogen-bond donors (Lipinski definition) is 5. The Kier molecular flexibility index (Phi) is 13.1. The standard InChI is InChI=1S/C37H36Cl2N4O7S/c38-25-12-11-24(28(39)19-25)18-30-35(46)41-29(15-10-22-5-2-1-3-6-22)34(45)43-32(37(48)49)17-23-8-13-26(14-9-23)50-21-33(44)40-31(36(47)42-30)20-27-7-4-16-51-27/h1-9,11-14,16,19,29-32H,10,15,17-18,20-21H2,(H,40,44)(H,41,46)(H,42,47)(H,43,45)(H,48,49)/t29-,30+,31-,32-/m1/s1. The fourth-order valence-electron chi connectivity index (χ4n) is 5.54. The van der Waals surface area contributed by atoms with Gasteiger partial charge in [0.2, 0.25) is 17.7 Å². The van der Waals surface area contributed by atoms with Gasteiger partial charge in [0.05, 0.1) is 0 Å². The van der Waals surface area contributed by atoms with Gasteiger partial charge in [-0.1, -0.05) is 77.8 Å². The van der Waals surface area contributed by atoms with E-state index in [2.05, 4.69) is 21.3 Å². The smallest absolute Gasteiger partial charge is 0.326 e. The van der Waals surface area contributed by atoms with Gasteiger partial charge in [-0.25, -0.2) is 4.79 Å². The number of rotatable bonds is 8. The number of carboxylic acids is 1. The molecular formula is C37H36Cl2N4O7S. The first-order valence-corrected chi connectivity index (χ1v) is 17.8. The van der Waals surface area contributed by atoms with Gasteiger partial charge < -0.3 is 31.1 Å². The molecule has 0 saturated heterocycles. The maximum absolute atomic E-state index is 14.1. The van der Waals surface area contributed by atoms with Crippen molar-refractivity contribution in [3.63, 3.8) is 0 Å². The molecule has 4 amide bonds. The van der Waals surface area contributed by atoms with Crippen molar-refractivity contribution < 1.29 is 33.8 Å². The van der Waals surface area contributed by atoms with Gasteiger partial charge in [0, 0.05) is 34.2 Å². The van der Waals surface area contributed by atoms with Crippen molar-refractivity contribution in [1.29, 1.82) is 0 Å². The highest BCUT2D eigenvalue weighted by Gasteiger charge is 2.32. The van der Waals surface area contributed by atoms with E-state index in [0.29, 0.717) is 28.3 Å². The number of carboxylic acid groups (broad SMARTS) is 1. The van der Waals surface area contributed by atoms with Crippen molar-refractivity contribution in [2.75, 3.05) is 6.61 Å². The van der Waals surface area contributed by atoms with Gasteiger partial charge in [-0.05, 0) is 65.2 Å². The lowest BCUT2D eigenvalue weighted by Gasteiger charge is -2.26. The number of benzene rings is 3. The van der Waals surface area contributed by atoms with E-state index in [1.54, 1.807) is 36.4 Å². The number of aryl methyl sites for hydroxylation is 1. The summed E-state index contributed by atoms with van der Waals surface area (Å²) in [5.41, 5.74) is 1.98. The lowest BCUT2D eigenvalue weighted by molar-refractivity contribution is -0.142. The fraction of sp³-hybridized carbons (Fsp3) is 0.270. The molecule has 5 N–H and O–H groups in total. The number of amides is 4. The largest absolute Gasteiger partial charge is 0.484 e. The third-order valence-corrected chi connectivity index (χ3v) is 9.74. The molecule has 2 aliphatic rings. The van der Waals surface area contributed by atoms with Crippen LogP contribution in [0.4, 0.5) is 0 Å². The lowest BCUT2D eigenvalue weighted by Crippen LogP contribution is -2.59. The van der Waals surface area contributed by atoms with Gasteiger partial charge in [-0.15, -0.1) is 11.3 Å². The third kappa shape index (κ3) is 11.0. The molecule has 0 saturated carbocycles. The van der Waals surface area contributed by atoms with E-state index in [0.717, 1.165) is 10.4 Å². The Morgan fingerprint density at radius 3 is 2.14 bits per heavy atom. The number of hydrogen-bond acceptors (Lipinski definition) is 7. The molecule has 14 heteroatoms. The molecule has 266 valence electrons. The first-order valence-electron chi connectivity index (χ1n) is 16.2. The minimum atomic E-state index is -1.32. The van der Waals surface area contributed by atoms with Crippen LogP contribution in [0.25, 0.3) is 0 Å². The van der Waals surface area contributed by atoms with Crippen LogP contribution in [-0.4, -0.2) is 65.5 Å². The van der Waals surface area contributed by atoms with Crippen molar-refractivity contribution in [3.05, 3.63) is 122 Å². The Labute approximate surface area is 308 Å². The molecule has 4 atom stereocenters. The molecule has 0 spiro atoms. The quantitative estimate of drug-likeness (QED) is 0.169. The van der Waals surface area contributed by atoms with Crippen LogP contribution in [0.3, 0.4) is 0 Å². The van der Waals surface area contributed by atoms with Gasteiger partial charge >= 0.3 is 5.97 Å². The van der Waals surface area contributed by atoms with Crippen LogP contribution in [0.1, 0.15) is 28.0 Å². The van der Waals surface area contributed by atoms with Gasteiger partial charge in [-0.3, -0.25) is 19.2 Å². The summed E-state index contributed by atoms with van der Waals surface area (Å²) in [7, 11) is 0. The van der Waals surface area contributed by atoms with E-state index < -0.39 is 60.4 Å². The maximum Gasteiger partial charge on any atom is 0.326 e. The summed E-state index contributed by atoms with van der Waals surface area (Å²) < 4.78 is 5.65. The van der Waals surface area contributed by atoms with Crippen molar-refractivity contribution in [1.82, 2.24) is 21.3 Å². The van der Waals surface area contributed by atoms with Crippen molar-refractivity contribution >= 4 is 64.1 Å². The van der Waals surface area contributed by atoms with Gasteiger partial charge in [0.15, 0.2) is 6.61 Å². The summed E-state index contributed by atoms with van der Waals surface area (Å²) in [6, 6.07) is 19.3. The summed E-state index contributed by atoms with van der Waals surface area (Å²) in [5, 5.41) is 23.4. The molecule has 0 radical (unpaired) electrons. The molecule has 0 aliphatic carbocycles. The molecule has 51 heavy (non-hydrogen) atoms. The number of ether oxygens (including phenoxy) is 1. The Hall–Kier alpha value is -4.91. The molecule has 0 unspecified atom stereocenters. The van der Waals surface area contributed by atoms with E-state index in [-0.39, 0.29) is 30.7 Å². The van der Waals surface area contributed by atoms with Crippen LogP contribution in [0.2, 0.25) is 10.0 Å². The number of aliphatic carboxylic acids is 1. The maximum atomic E-state index is 14.1. The molecule has 0 fully saturated rings. The average Bonchev–Trinajstić information content (AvgIpc) is 3.63. The zero-order valence-electron chi connectivity index (χ0n) is 27.3. The Morgan fingerprint density at radius 2 is 1.47 bits per heavy atom. The Morgan fingerprint density at radius 1 is 0.784 bits per heavy atom. The van der Waals surface area contributed by atoms with Crippen molar-refractivity contribution in [2.45, 2.75) is 56.3 Å². The summed E-state index contributed by atoms with van der Waals surface area (Å²) in [5.74, 6) is -3.57. The number of fused-ring (bicyclic) bond motifs is 16. The predicted molar refractivity (Wildman–Crippen MR) is 194 cm³/mol. The number of halogens is 2. The van der Waals surface area contributed by atoms with Crippen molar-refractivity contribution in [3.8, 4) is 5.75 Å². The van der Waals surface area contributed by atoms with Crippen LogP contribution in [0, 0.1) is 0 Å². The SMILES string of the molecule is O=C1COc2ccc(cc2)C[C@H](C(=O)O)NC(=O)[C@@H](CCc2ccccc2)NC(=O)[C@H](Cc2ccc(Cl)cc2Cl)NC(=O)[C@@H](Cc2cccs2)N1. The first kappa shape index (κ1) is 37.3. The average molecular weight is 752 g/mol. The second kappa shape index (κ2) is 17.8. The second-order valence-corrected chi connectivity index (χ2v) is 13.9. The van der Waals surface area contributed by atoms with Gasteiger partial charge in [-0.2, -0.15) is 0 Å². The molecular weight excluding hydrogens is 715 g/mol. The lowest BCUT2D eigenvalue weighted by atomic mass is 10.0. The molecule has 6 rings (SSSR count). The monoisotopic (exact) mass is 750 g/mol. The third-order valence-electron chi connectivity index (χ3n) is 8.25. The molecule has 1 aromatic heterocycles. The van der Waals surface area contributed by atoms with Crippen molar-refractivity contribution in [2.24, 2.45) is 0 Å². The topological polar surface area (TPSA) is 163 Å². The summed E-state index contributed by atoms with van der Waals surface area (Å²) in [4.78, 5) is 68.1. The van der Waals surface area contributed by atoms with Crippen LogP contribution >= 0.6 is 34.5 Å². The minimum absolute atomic E-state index is 0.0562. The number of thiophene rings is 1. The normalized spacial score (nSPS) is 20.4. The van der Waals surface area contributed by atoms with E-state index in [1.807, 2.05) is 47.8 Å². The summed E-state index contributed by atoms with van der Waals surface area (Å²) in [6.07, 6.45) is 0.500. The predicted octanol–water partition coefficient (Wildman–Crippen LogP) is 4.13. The van der Waals surface area contributed by atoms with Crippen LogP contribution in [0.15, 0.2) is 90.3 Å². The minimum Gasteiger partial charge on any atom is -0.484 e. The van der Waals surface area contributed by atoms with Gasteiger partial charge in [0.1, 0.15) is 29.9 Å². The number of carbonyl (C=O) groups is 5. The summed E-state index contributed by atoms with van der Waals surface area (Å²) in [6.45, 7) is -0.408. The highest BCUT2D eigenvalue weighted by molar-refractivity contribution is 7.09. The van der Waals surface area contributed by atoms with E-state index in [4.69, 9.17) is 27.9 Å². The molecule has 4 aromatic rings. The van der Waals surface area contributed by atoms with Crippen LogP contribution in [-0.2, 0) is 49.7 Å². The zero-order valence-corrected chi connectivity index (χ0v) is 29.6. The van der Waals surface area contributed by atoms with E-state index in [9.17, 15) is 29.1 Å². The highest BCUT2D eigenvalue weighted by atomic mass is 35.5. The van der Waals surface area contributed by atoms with E-state index in [1.165, 1.54) is 17.4 Å². The zero-order chi connectivity index (χ0) is 36.3. The Balaban J connectivity index is 1.50. The number of nitrogens with one attached hydrogen (secondary N) is 4. The summed E-state index contributed by atoms with van der Waals surface area (Å²) >= 11 is 14.0. The molecule has 3 aromatic carbocycles.